The number of phenols is 1. The zero-order valence-electron chi connectivity index (χ0n) is 18.8. The molecular formula is C24H42O4S. The molecular weight excluding hydrogens is 384 g/mol. The number of benzene rings is 1. The highest BCUT2D eigenvalue weighted by Gasteiger charge is 2.19. The molecule has 4 nitrogen and oxygen atoms in total. The van der Waals surface area contributed by atoms with Gasteiger partial charge in [0.25, 0.3) is 10.1 Å². The third kappa shape index (κ3) is 10.5. The van der Waals surface area contributed by atoms with E-state index in [2.05, 4.69) is 13.8 Å². The second kappa shape index (κ2) is 14.0. The predicted molar refractivity (Wildman–Crippen MR) is 122 cm³/mol. The quantitative estimate of drug-likeness (QED) is 0.223. The largest absolute Gasteiger partial charge is 0.507 e. The predicted octanol–water partition coefficient (Wildman–Crippen LogP) is 6.89. The van der Waals surface area contributed by atoms with Crippen LogP contribution >= 0.6 is 0 Å². The Morgan fingerprint density at radius 1 is 0.759 bits per heavy atom. The zero-order valence-corrected chi connectivity index (χ0v) is 19.6. The monoisotopic (exact) mass is 426 g/mol. The van der Waals surface area contributed by atoms with Crippen LogP contribution < -0.4 is 0 Å². The van der Waals surface area contributed by atoms with E-state index in [1.165, 1.54) is 51.4 Å². The molecule has 0 bridgehead atoms. The molecule has 0 saturated heterocycles. The highest BCUT2D eigenvalue weighted by atomic mass is 32.2. The third-order valence-corrected chi connectivity index (χ3v) is 6.43. The fourth-order valence-corrected chi connectivity index (χ4v) is 4.75. The summed E-state index contributed by atoms with van der Waals surface area (Å²) in [7, 11) is -4.14. The van der Waals surface area contributed by atoms with Crippen molar-refractivity contribution in [2.45, 2.75) is 116 Å². The number of aromatic hydroxyl groups is 1. The molecule has 0 atom stereocenters. The summed E-state index contributed by atoms with van der Waals surface area (Å²) < 4.78 is 32.4. The lowest BCUT2D eigenvalue weighted by atomic mass is 9.92. The Balaban J connectivity index is 2.85. The van der Waals surface area contributed by atoms with Crippen molar-refractivity contribution in [2.75, 3.05) is 0 Å². The van der Waals surface area contributed by atoms with Crippen molar-refractivity contribution >= 4 is 10.1 Å². The lowest BCUT2D eigenvalue weighted by molar-refractivity contribution is 0.459. The van der Waals surface area contributed by atoms with Gasteiger partial charge in [-0.1, -0.05) is 84.1 Å². The molecule has 168 valence electrons. The van der Waals surface area contributed by atoms with E-state index in [9.17, 15) is 18.1 Å². The van der Waals surface area contributed by atoms with Gasteiger partial charge < -0.3 is 5.11 Å². The molecule has 1 rings (SSSR count). The van der Waals surface area contributed by atoms with Crippen molar-refractivity contribution in [2.24, 2.45) is 0 Å². The van der Waals surface area contributed by atoms with Crippen LogP contribution in [0.1, 0.15) is 113 Å². The Labute approximate surface area is 178 Å². The number of aryl methyl sites for hydroxylation is 2. The van der Waals surface area contributed by atoms with Gasteiger partial charge in [-0.05, 0) is 54.9 Å². The first-order chi connectivity index (χ1) is 13.8. The van der Waals surface area contributed by atoms with Crippen molar-refractivity contribution in [1.82, 2.24) is 0 Å². The van der Waals surface area contributed by atoms with Gasteiger partial charge in [-0.3, -0.25) is 4.55 Å². The Kier molecular flexibility index (Phi) is 12.6. The van der Waals surface area contributed by atoms with Gasteiger partial charge in [0, 0.05) is 0 Å². The van der Waals surface area contributed by atoms with Gasteiger partial charge in [0.1, 0.15) is 11.5 Å². The van der Waals surface area contributed by atoms with E-state index < -0.39 is 15.9 Å². The molecule has 0 saturated carbocycles. The van der Waals surface area contributed by atoms with Crippen molar-refractivity contribution in [3.8, 4) is 5.75 Å². The van der Waals surface area contributed by atoms with Gasteiger partial charge in [-0.25, -0.2) is 0 Å². The second-order valence-corrected chi connectivity index (χ2v) is 9.86. The topological polar surface area (TPSA) is 74.6 Å². The number of rotatable bonds is 16. The molecule has 1 aromatic rings. The summed E-state index contributed by atoms with van der Waals surface area (Å²) in [6.45, 7) is 6.18. The molecule has 0 fully saturated rings. The molecule has 0 unspecified atom stereocenters. The molecule has 0 radical (unpaired) electrons. The van der Waals surface area contributed by atoms with Gasteiger partial charge in [0.2, 0.25) is 0 Å². The molecule has 0 heterocycles. The summed E-state index contributed by atoms with van der Waals surface area (Å²) in [4.78, 5) is 0. The minimum atomic E-state index is -4.14. The number of hydrogen-bond donors (Lipinski definition) is 2. The molecule has 5 heteroatoms. The normalized spacial score (nSPS) is 11.9. The maximum atomic E-state index is 11.5. The minimum Gasteiger partial charge on any atom is -0.507 e. The van der Waals surface area contributed by atoms with Gasteiger partial charge in [0.05, 0.1) is 0 Å². The molecule has 0 aliphatic heterocycles. The summed E-state index contributed by atoms with van der Waals surface area (Å²) >= 11 is 0. The van der Waals surface area contributed by atoms with Crippen LogP contribution in [0.5, 0.6) is 5.75 Å². The van der Waals surface area contributed by atoms with Crippen LogP contribution in [0.2, 0.25) is 0 Å². The number of hydrogen-bond acceptors (Lipinski definition) is 3. The van der Waals surface area contributed by atoms with Gasteiger partial charge >= 0.3 is 0 Å². The van der Waals surface area contributed by atoms with E-state index in [0.717, 1.165) is 49.7 Å². The fourth-order valence-electron chi connectivity index (χ4n) is 3.98. The van der Waals surface area contributed by atoms with E-state index >= 15 is 0 Å². The SMILES string of the molecule is CCCCCCCCc1cc(CCCCCCCC)c(CS(=O)(=O)O)c(C)c1O. The van der Waals surface area contributed by atoms with E-state index in [0.29, 0.717) is 11.1 Å². The van der Waals surface area contributed by atoms with E-state index in [-0.39, 0.29) is 5.75 Å². The Morgan fingerprint density at radius 3 is 1.69 bits per heavy atom. The Morgan fingerprint density at radius 2 is 1.21 bits per heavy atom. The maximum absolute atomic E-state index is 11.5. The van der Waals surface area contributed by atoms with Crippen LogP contribution in [0.25, 0.3) is 0 Å². The van der Waals surface area contributed by atoms with Crippen LogP contribution in [0.4, 0.5) is 0 Å². The first-order valence-corrected chi connectivity index (χ1v) is 13.2. The lowest BCUT2D eigenvalue weighted by Gasteiger charge is -2.17. The van der Waals surface area contributed by atoms with Crippen molar-refractivity contribution < 1.29 is 18.1 Å². The van der Waals surface area contributed by atoms with Crippen LogP contribution in [-0.4, -0.2) is 18.1 Å². The van der Waals surface area contributed by atoms with E-state index in [1.54, 1.807) is 6.92 Å². The van der Waals surface area contributed by atoms with E-state index in [4.69, 9.17) is 0 Å². The molecule has 29 heavy (non-hydrogen) atoms. The van der Waals surface area contributed by atoms with Crippen LogP contribution in [0.15, 0.2) is 6.07 Å². The molecule has 0 amide bonds. The van der Waals surface area contributed by atoms with Crippen LogP contribution in [0, 0.1) is 6.92 Å². The third-order valence-electron chi connectivity index (χ3n) is 5.77. The summed E-state index contributed by atoms with van der Waals surface area (Å²) in [5, 5.41) is 10.6. The zero-order chi connectivity index (χ0) is 21.7. The minimum absolute atomic E-state index is 0.198. The number of phenolic OH excluding ortho intramolecular Hbond substituents is 1. The molecule has 0 aromatic heterocycles. The molecule has 0 spiro atoms. The Hall–Kier alpha value is -1.07. The van der Waals surface area contributed by atoms with Crippen LogP contribution in [0.3, 0.4) is 0 Å². The summed E-state index contributed by atoms with van der Waals surface area (Å²) in [6, 6.07) is 1.99. The average molecular weight is 427 g/mol. The maximum Gasteiger partial charge on any atom is 0.269 e. The Bertz CT molecular complexity index is 695. The van der Waals surface area contributed by atoms with E-state index in [1.807, 2.05) is 6.07 Å². The van der Waals surface area contributed by atoms with Gasteiger partial charge in [0.15, 0.2) is 0 Å². The highest BCUT2D eigenvalue weighted by Crippen LogP contribution is 2.32. The summed E-state index contributed by atoms with van der Waals surface area (Å²) in [6.07, 6.45) is 15.8. The fraction of sp³-hybridized carbons (Fsp3) is 0.750. The molecule has 2 N–H and O–H groups in total. The average Bonchev–Trinajstić information content (AvgIpc) is 2.66. The summed E-state index contributed by atoms with van der Waals surface area (Å²) in [5.41, 5.74) is 3.06. The first kappa shape index (κ1) is 26.0. The lowest BCUT2D eigenvalue weighted by Crippen LogP contribution is -2.08. The molecule has 0 aliphatic rings. The van der Waals surface area contributed by atoms with Crippen molar-refractivity contribution in [3.63, 3.8) is 0 Å². The first-order valence-electron chi connectivity index (χ1n) is 11.6. The molecule has 1 aromatic carbocycles. The van der Waals surface area contributed by atoms with Gasteiger partial charge in [-0.2, -0.15) is 8.42 Å². The van der Waals surface area contributed by atoms with Crippen molar-refractivity contribution in [3.05, 3.63) is 28.3 Å². The number of unbranched alkanes of at least 4 members (excludes halogenated alkanes) is 10. The second-order valence-electron chi connectivity index (χ2n) is 8.41. The van der Waals surface area contributed by atoms with Crippen LogP contribution in [-0.2, 0) is 28.7 Å². The smallest absolute Gasteiger partial charge is 0.269 e. The van der Waals surface area contributed by atoms with Crippen molar-refractivity contribution in [1.29, 1.82) is 0 Å². The van der Waals surface area contributed by atoms with Gasteiger partial charge in [-0.15, -0.1) is 0 Å². The summed E-state index contributed by atoms with van der Waals surface area (Å²) in [5.74, 6) is -0.224. The standard InChI is InChI=1S/C24H42O4S/c1-4-6-8-10-12-14-16-21-18-22(17-15-13-11-9-7-5-2)24(25)20(3)23(21)19-29(26,27)28/h18,25H,4-17,19H2,1-3H3,(H,26,27,28). The highest BCUT2D eigenvalue weighted by molar-refractivity contribution is 7.85. The molecule has 0 aliphatic carbocycles.